The average Bonchev–Trinajstić information content (AvgIpc) is 3.18. The highest BCUT2D eigenvalue weighted by atomic mass is 15.2. The van der Waals surface area contributed by atoms with Crippen LogP contribution in [0.4, 0.5) is 34.1 Å². The summed E-state index contributed by atoms with van der Waals surface area (Å²) in [4.78, 5) is 4.90. The maximum atomic E-state index is 10.6. The zero-order chi connectivity index (χ0) is 53.6. The van der Waals surface area contributed by atoms with Crippen molar-refractivity contribution in [3.63, 3.8) is 0 Å². The lowest BCUT2D eigenvalue weighted by atomic mass is 9.83. The van der Waals surface area contributed by atoms with E-state index in [9.17, 15) is 10.5 Å². The van der Waals surface area contributed by atoms with Crippen molar-refractivity contribution in [1.29, 1.82) is 10.5 Å². The van der Waals surface area contributed by atoms with E-state index in [1.54, 1.807) is 0 Å². The number of hydrogen-bond acceptors (Lipinski definition) is 4. The Morgan fingerprint density at radius 3 is 1.01 bits per heavy atom. The van der Waals surface area contributed by atoms with Gasteiger partial charge in [0, 0.05) is 44.6 Å². The van der Waals surface area contributed by atoms with Crippen LogP contribution in [0.3, 0.4) is 0 Å². The Morgan fingerprint density at radius 2 is 0.667 bits per heavy atom. The van der Waals surface area contributed by atoms with Gasteiger partial charge in [-0.25, -0.2) is 0 Å². The molecule has 12 aromatic rings. The third kappa shape index (κ3) is 8.68. The van der Waals surface area contributed by atoms with Crippen LogP contribution < -0.4 is 9.80 Å². The second-order valence-corrected chi connectivity index (χ2v) is 21.2. The molecular formula is C74H58N4. The third-order valence-corrected chi connectivity index (χ3v) is 15.7. The Labute approximate surface area is 458 Å². The van der Waals surface area contributed by atoms with Crippen LogP contribution in [0, 0.1) is 36.5 Å². The van der Waals surface area contributed by atoms with Gasteiger partial charge in [-0.05, 0) is 164 Å². The van der Waals surface area contributed by atoms with Crippen molar-refractivity contribution < 1.29 is 0 Å². The van der Waals surface area contributed by atoms with Crippen LogP contribution in [0.15, 0.2) is 231 Å². The van der Waals surface area contributed by atoms with E-state index in [2.05, 4.69) is 245 Å². The average molecular weight is 1000 g/mol. The molecule has 0 radical (unpaired) electrons. The molecule has 0 amide bonds. The molecule has 78 heavy (non-hydrogen) atoms. The Balaban J connectivity index is 1.20. The van der Waals surface area contributed by atoms with Crippen molar-refractivity contribution in [1.82, 2.24) is 0 Å². The minimum atomic E-state index is 0.173. The van der Waals surface area contributed by atoms with E-state index in [1.165, 1.54) is 32.7 Å². The first-order valence-corrected chi connectivity index (χ1v) is 27.0. The van der Waals surface area contributed by atoms with Gasteiger partial charge >= 0.3 is 0 Å². The van der Waals surface area contributed by atoms with E-state index in [-0.39, 0.29) is 11.8 Å². The molecule has 0 saturated heterocycles. The Kier molecular flexibility index (Phi) is 12.9. The number of rotatable bonds is 12. The second kappa shape index (κ2) is 20.4. The van der Waals surface area contributed by atoms with Gasteiger partial charge in [-0.2, -0.15) is 10.5 Å². The molecule has 0 unspecified atom stereocenters. The van der Waals surface area contributed by atoms with Gasteiger partial charge in [0.05, 0.1) is 34.6 Å². The summed E-state index contributed by atoms with van der Waals surface area (Å²) < 4.78 is 0. The lowest BCUT2D eigenvalue weighted by Gasteiger charge is -2.33. The van der Waals surface area contributed by atoms with Gasteiger partial charge < -0.3 is 9.80 Å². The topological polar surface area (TPSA) is 54.1 Å². The summed E-state index contributed by atoms with van der Waals surface area (Å²) in [5.74, 6) is 0.346. The summed E-state index contributed by atoms with van der Waals surface area (Å²) in [6.07, 6.45) is 0. The minimum Gasteiger partial charge on any atom is -0.310 e. The van der Waals surface area contributed by atoms with Gasteiger partial charge in [0.1, 0.15) is 0 Å². The fourth-order valence-electron chi connectivity index (χ4n) is 11.7. The fraction of sp³-hybridized carbons (Fsp3) is 0.108. The van der Waals surface area contributed by atoms with E-state index in [4.69, 9.17) is 0 Å². The molecule has 374 valence electrons. The van der Waals surface area contributed by atoms with Crippen LogP contribution in [0.25, 0.3) is 76.8 Å². The minimum absolute atomic E-state index is 0.173. The summed E-state index contributed by atoms with van der Waals surface area (Å²) in [7, 11) is 0. The highest BCUT2D eigenvalue weighted by Crippen LogP contribution is 2.53. The molecule has 0 aliphatic rings. The van der Waals surface area contributed by atoms with Crippen molar-refractivity contribution in [3.05, 3.63) is 264 Å². The molecule has 0 heterocycles. The number of nitrogens with zero attached hydrogens (tertiary/aromatic N) is 4. The summed E-state index contributed by atoms with van der Waals surface area (Å²) in [5, 5.41) is 28.4. The summed E-state index contributed by atoms with van der Waals surface area (Å²) in [5.41, 5.74) is 20.5. The van der Waals surface area contributed by atoms with E-state index in [1.807, 2.05) is 48.5 Å². The van der Waals surface area contributed by atoms with Crippen LogP contribution in [-0.4, -0.2) is 0 Å². The van der Waals surface area contributed by atoms with E-state index in [0.29, 0.717) is 11.1 Å². The van der Waals surface area contributed by atoms with E-state index >= 15 is 0 Å². The van der Waals surface area contributed by atoms with Crippen LogP contribution in [-0.2, 0) is 0 Å². The smallest absolute Gasteiger partial charge is 0.0998 e. The maximum Gasteiger partial charge on any atom is 0.0998 e. The molecule has 0 fully saturated rings. The Bertz CT molecular complexity index is 4020. The maximum absolute atomic E-state index is 10.6. The molecule has 0 spiro atoms. The molecule has 0 aromatic heterocycles. The number of hydrogen-bond donors (Lipinski definition) is 0. The molecule has 0 aliphatic heterocycles. The van der Waals surface area contributed by atoms with Crippen molar-refractivity contribution >= 4 is 66.4 Å². The lowest BCUT2D eigenvalue weighted by Crippen LogP contribution is -2.14. The number of benzene rings is 12. The SMILES string of the molecule is Cc1ccc(-c2ccccc2)cc1N(c1ccc(C#N)c(-c2ccccc2)c1)c1cc(C(C)C)c2ccc3c(N(c4ccc(C#N)c(-c5ccccc5)c4)c4cc(-c5ccccc5)ccc4C)cc(C(C)C)c4ccc1c2c43. The lowest BCUT2D eigenvalue weighted by molar-refractivity contribution is 0.875. The highest BCUT2D eigenvalue weighted by molar-refractivity contribution is 6.29. The van der Waals surface area contributed by atoms with Crippen molar-refractivity contribution in [2.45, 2.75) is 53.4 Å². The second-order valence-electron chi connectivity index (χ2n) is 21.2. The normalized spacial score (nSPS) is 11.4. The zero-order valence-corrected chi connectivity index (χ0v) is 44.9. The van der Waals surface area contributed by atoms with Gasteiger partial charge in [0.15, 0.2) is 0 Å². The first-order chi connectivity index (χ1) is 38.1. The quantitative estimate of drug-likeness (QED) is 0.114. The molecule has 4 heteroatoms. The molecule has 0 N–H and O–H groups in total. The summed E-state index contributed by atoms with van der Waals surface area (Å²) in [6.45, 7) is 13.6. The van der Waals surface area contributed by atoms with E-state index < -0.39 is 0 Å². The predicted octanol–water partition coefficient (Wildman–Crippen LogP) is 20.8. The molecule has 12 rings (SSSR count). The Morgan fingerprint density at radius 1 is 0.321 bits per heavy atom. The van der Waals surface area contributed by atoms with Crippen LogP contribution in [0.1, 0.15) is 72.9 Å². The standard InChI is InChI=1S/C74H58N4/c1-47(2)65-43-71(77(69-39-55(29-27-49(69)5)51-19-11-7-12-20-51)59-33-31-57(45-75)67(41-59)53-23-15-9-16-24-53)63-38-36-62-66(48(3)4)44-72(64-37-35-61(65)73(63)74(62)64)78(70-40-56(30-28-50(70)6)52-21-13-8-14-22-52)60-34-32-58(46-76)68(42-60)54-25-17-10-18-26-54/h7-44,47-48H,1-6H3. The van der Waals surface area contributed by atoms with Crippen LogP contribution >= 0.6 is 0 Å². The number of anilines is 6. The molecule has 0 aliphatic carbocycles. The van der Waals surface area contributed by atoms with E-state index in [0.717, 1.165) is 101 Å². The van der Waals surface area contributed by atoms with Gasteiger partial charge in [-0.3, -0.25) is 0 Å². The first-order valence-electron chi connectivity index (χ1n) is 27.0. The molecule has 0 atom stereocenters. The van der Waals surface area contributed by atoms with Crippen molar-refractivity contribution in [3.8, 4) is 56.6 Å². The molecular weight excluding hydrogens is 945 g/mol. The predicted molar refractivity (Wildman–Crippen MR) is 328 cm³/mol. The summed E-state index contributed by atoms with van der Waals surface area (Å²) >= 11 is 0. The fourth-order valence-corrected chi connectivity index (χ4v) is 11.7. The molecule has 12 aromatic carbocycles. The first kappa shape index (κ1) is 49.2. The van der Waals surface area contributed by atoms with Crippen molar-refractivity contribution in [2.24, 2.45) is 0 Å². The zero-order valence-electron chi connectivity index (χ0n) is 44.9. The number of aryl methyl sites for hydroxylation is 2. The summed E-state index contributed by atoms with van der Waals surface area (Å²) in [6, 6.07) is 87.3. The van der Waals surface area contributed by atoms with Gasteiger partial charge in [0.25, 0.3) is 0 Å². The largest absolute Gasteiger partial charge is 0.310 e. The van der Waals surface area contributed by atoms with Gasteiger partial charge in [-0.1, -0.05) is 198 Å². The van der Waals surface area contributed by atoms with Gasteiger partial charge in [0.2, 0.25) is 0 Å². The molecule has 4 nitrogen and oxygen atoms in total. The monoisotopic (exact) mass is 1000 g/mol. The Hall–Kier alpha value is -9.74. The van der Waals surface area contributed by atoms with Crippen LogP contribution in [0.5, 0.6) is 0 Å². The molecule has 0 saturated carbocycles. The number of nitriles is 2. The highest BCUT2D eigenvalue weighted by Gasteiger charge is 2.28. The van der Waals surface area contributed by atoms with Crippen LogP contribution in [0.2, 0.25) is 0 Å². The third-order valence-electron chi connectivity index (χ3n) is 15.7. The molecule has 0 bridgehead atoms. The van der Waals surface area contributed by atoms with Crippen molar-refractivity contribution in [2.75, 3.05) is 9.80 Å². The van der Waals surface area contributed by atoms with Gasteiger partial charge in [-0.15, -0.1) is 0 Å².